The van der Waals surface area contributed by atoms with E-state index < -0.39 is 54.2 Å². The Morgan fingerprint density at radius 2 is 1.86 bits per heavy atom. The molecule has 1 aromatic rings. The van der Waals surface area contributed by atoms with Crippen molar-refractivity contribution in [3.63, 3.8) is 0 Å². The molecule has 0 saturated heterocycles. The molecule has 0 amide bonds. The minimum Gasteiger partial charge on any atom is -0.469 e. The van der Waals surface area contributed by atoms with Gasteiger partial charge in [0.25, 0.3) is 0 Å². The summed E-state index contributed by atoms with van der Waals surface area (Å²) in [6, 6.07) is 0.289. The third-order valence-corrected chi connectivity index (χ3v) is 2.37. The minimum absolute atomic E-state index is 0.289. The molecular formula is C11H10F6N2O3. The van der Waals surface area contributed by atoms with Gasteiger partial charge in [-0.05, 0) is 6.07 Å². The monoisotopic (exact) mass is 332 g/mol. The number of nitrogens with zero attached hydrogens (tertiary/aromatic N) is 1. The van der Waals surface area contributed by atoms with Crippen molar-refractivity contribution in [2.45, 2.75) is 25.5 Å². The predicted octanol–water partition coefficient (Wildman–Crippen LogP) is 2.17. The SMILES string of the molecule is COC(=O)Cc1cc(C(F)(F)F)c(OC(F)(F)F)c(CN)n1. The van der Waals surface area contributed by atoms with Crippen LogP contribution in [0, 0.1) is 0 Å². The first-order valence-corrected chi connectivity index (χ1v) is 5.60. The van der Waals surface area contributed by atoms with Gasteiger partial charge in [0, 0.05) is 6.54 Å². The molecule has 0 radical (unpaired) electrons. The molecule has 0 unspecified atom stereocenters. The van der Waals surface area contributed by atoms with E-state index in [1.165, 1.54) is 0 Å². The van der Waals surface area contributed by atoms with Crippen LogP contribution in [0.2, 0.25) is 0 Å². The summed E-state index contributed by atoms with van der Waals surface area (Å²) in [5, 5.41) is 0. The average Bonchev–Trinajstić information content (AvgIpc) is 2.36. The summed E-state index contributed by atoms with van der Waals surface area (Å²) in [5.41, 5.74) is 2.19. The number of methoxy groups -OCH3 is 1. The number of alkyl halides is 6. The van der Waals surface area contributed by atoms with Crippen LogP contribution >= 0.6 is 0 Å². The van der Waals surface area contributed by atoms with Gasteiger partial charge in [0.15, 0.2) is 5.75 Å². The number of hydrogen-bond donors (Lipinski definition) is 1. The zero-order valence-electron chi connectivity index (χ0n) is 11.0. The summed E-state index contributed by atoms with van der Waals surface area (Å²) in [5.74, 6) is -2.44. The highest BCUT2D eigenvalue weighted by molar-refractivity contribution is 5.72. The lowest BCUT2D eigenvalue weighted by atomic mass is 10.1. The second kappa shape index (κ2) is 6.38. The van der Waals surface area contributed by atoms with E-state index in [9.17, 15) is 31.1 Å². The fourth-order valence-electron chi connectivity index (χ4n) is 1.53. The van der Waals surface area contributed by atoms with Crippen molar-refractivity contribution >= 4 is 5.97 Å². The highest BCUT2D eigenvalue weighted by atomic mass is 19.4. The lowest BCUT2D eigenvalue weighted by molar-refractivity contribution is -0.276. The van der Waals surface area contributed by atoms with Crippen LogP contribution in [-0.4, -0.2) is 24.4 Å². The Kier molecular flexibility index (Phi) is 5.22. The largest absolute Gasteiger partial charge is 0.573 e. The second-order valence-electron chi connectivity index (χ2n) is 3.94. The molecule has 0 bridgehead atoms. The van der Waals surface area contributed by atoms with Gasteiger partial charge in [-0.2, -0.15) is 13.2 Å². The van der Waals surface area contributed by atoms with E-state index in [1.54, 1.807) is 0 Å². The van der Waals surface area contributed by atoms with Crippen LogP contribution in [0.15, 0.2) is 6.07 Å². The van der Waals surface area contributed by atoms with Gasteiger partial charge in [0.1, 0.15) is 5.56 Å². The lowest BCUT2D eigenvalue weighted by Gasteiger charge is -2.18. The standard InChI is InChI=1S/C11H10F6N2O3/c1-21-8(20)3-5-2-6(10(12,13)14)9(7(4-18)19-5)22-11(15,16)17/h2H,3-4,18H2,1H3. The first kappa shape index (κ1) is 18.0. The van der Waals surface area contributed by atoms with Crippen LogP contribution in [-0.2, 0) is 28.7 Å². The maximum atomic E-state index is 12.9. The summed E-state index contributed by atoms with van der Waals surface area (Å²) in [4.78, 5) is 14.6. The predicted molar refractivity (Wildman–Crippen MR) is 59.5 cm³/mol. The Bertz CT molecular complexity index is 556. The van der Waals surface area contributed by atoms with E-state index in [4.69, 9.17) is 5.73 Å². The number of aromatic nitrogens is 1. The molecular weight excluding hydrogens is 322 g/mol. The van der Waals surface area contributed by atoms with E-state index in [0.29, 0.717) is 0 Å². The number of halogens is 6. The van der Waals surface area contributed by atoms with Gasteiger partial charge in [-0.15, -0.1) is 13.2 Å². The van der Waals surface area contributed by atoms with Gasteiger partial charge in [0.05, 0.1) is 24.9 Å². The molecule has 0 aliphatic heterocycles. The molecule has 2 N–H and O–H groups in total. The Morgan fingerprint density at radius 3 is 2.27 bits per heavy atom. The van der Waals surface area contributed by atoms with Gasteiger partial charge >= 0.3 is 18.5 Å². The molecule has 0 saturated carbocycles. The first-order chi connectivity index (χ1) is 9.97. The molecule has 0 atom stereocenters. The van der Waals surface area contributed by atoms with Crippen LogP contribution < -0.4 is 10.5 Å². The number of pyridine rings is 1. The highest BCUT2D eigenvalue weighted by Gasteiger charge is 2.41. The zero-order chi connectivity index (χ0) is 17.1. The van der Waals surface area contributed by atoms with Gasteiger partial charge in [-0.3, -0.25) is 9.78 Å². The summed E-state index contributed by atoms with van der Waals surface area (Å²) in [6.45, 7) is -0.747. The third kappa shape index (κ3) is 4.76. The summed E-state index contributed by atoms with van der Waals surface area (Å²) in [7, 11) is 0.998. The van der Waals surface area contributed by atoms with Crippen LogP contribution in [0.4, 0.5) is 26.3 Å². The maximum Gasteiger partial charge on any atom is 0.573 e. The van der Waals surface area contributed by atoms with Gasteiger partial charge in [-0.1, -0.05) is 0 Å². The van der Waals surface area contributed by atoms with Crippen molar-refractivity contribution in [2.24, 2.45) is 5.73 Å². The average molecular weight is 332 g/mol. The molecule has 22 heavy (non-hydrogen) atoms. The van der Waals surface area contributed by atoms with Crippen molar-refractivity contribution in [3.05, 3.63) is 23.0 Å². The Morgan fingerprint density at radius 1 is 1.27 bits per heavy atom. The molecule has 1 aromatic heterocycles. The molecule has 124 valence electrons. The highest BCUT2D eigenvalue weighted by Crippen LogP contribution is 2.40. The first-order valence-electron chi connectivity index (χ1n) is 5.60. The van der Waals surface area contributed by atoms with E-state index in [-0.39, 0.29) is 6.07 Å². The van der Waals surface area contributed by atoms with E-state index in [1.807, 2.05) is 0 Å². The minimum atomic E-state index is -5.35. The fourth-order valence-corrected chi connectivity index (χ4v) is 1.53. The topological polar surface area (TPSA) is 74.4 Å². The number of esters is 1. The van der Waals surface area contributed by atoms with Gasteiger partial charge in [0.2, 0.25) is 0 Å². The quantitative estimate of drug-likeness (QED) is 0.676. The molecule has 11 heteroatoms. The molecule has 1 heterocycles. The van der Waals surface area contributed by atoms with Crippen molar-refractivity contribution in [2.75, 3.05) is 7.11 Å². The van der Waals surface area contributed by atoms with Crippen molar-refractivity contribution < 1.29 is 40.6 Å². The van der Waals surface area contributed by atoms with Crippen molar-refractivity contribution in [3.8, 4) is 5.75 Å². The Balaban J connectivity index is 3.44. The summed E-state index contributed by atoms with van der Waals surface area (Å²) in [6.07, 6.45) is -11.2. The number of rotatable bonds is 4. The number of ether oxygens (including phenoxy) is 2. The van der Waals surface area contributed by atoms with Crippen molar-refractivity contribution in [1.29, 1.82) is 0 Å². The molecule has 0 aliphatic carbocycles. The molecule has 1 rings (SSSR count). The number of carbonyl (C=O) groups excluding carboxylic acids is 1. The normalized spacial score (nSPS) is 12.2. The molecule has 0 fully saturated rings. The maximum absolute atomic E-state index is 12.9. The molecule has 0 aliphatic rings. The van der Waals surface area contributed by atoms with Crippen LogP contribution in [0.1, 0.15) is 17.0 Å². The number of hydrogen-bond acceptors (Lipinski definition) is 5. The van der Waals surface area contributed by atoms with E-state index in [0.717, 1.165) is 7.11 Å². The number of nitrogens with two attached hydrogens (primary N) is 1. The summed E-state index contributed by atoms with van der Waals surface area (Å²) < 4.78 is 83.1. The van der Waals surface area contributed by atoms with Gasteiger partial charge in [-0.25, -0.2) is 0 Å². The smallest absolute Gasteiger partial charge is 0.469 e. The lowest BCUT2D eigenvalue weighted by Crippen LogP contribution is -2.23. The second-order valence-corrected chi connectivity index (χ2v) is 3.94. The Labute approximate surface area is 120 Å². The number of carbonyl (C=O) groups is 1. The van der Waals surface area contributed by atoms with E-state index in [2.05, 4.69) is 14.5 Å². The van der Waals surface area contributed by atoms with E-state index >= 15 is 0 Å². The molecule has 5 nitrogen and oxygen atoms in total. The van der Waals surface area contributed by atoms with Crippen molar-refractivity contribution in [1.82, 2.24) is 4.98 Å². The molecule has 0 aromatic carbocycles. The Hall–Kier alpha value is -2.04. The van der Waals surface area contributed by atoms with Crippen LogP contribution in [0.25, 0.3) is 0 Å². The van der Waals surface area contributed by atoms with Gasteiger partial charge < -0.3 is 15.2 Å². The fraction of sp³-hybridized carbons (Fsp3) is 0.455. The van der Waals surface area contributed by atoms with Crippen LogP contribution in [0.3, 0.4) is 0 Å². The summed E-state index contributed by atoms with van der Waals surface area (Å²) >= 11 is 0. The molecule has 0 spiro atoms. The zero-order valence-corrected chi connectivity index (χ0v) is 11.0. The van der Waals surface area contributed by atoms with Crippen LogP contribution in [0.5, 0.6) is 5.75 Å². The third-order valence-electron chi connectivity index (χ3n) is 2.37.